The highest BCUT2D eigenvalue weighted by molar-refractivity contribution is 6.00. The Bertz CT molecular complexity index is 581. The molecule has 2 amide bonds. The summed E-state index contributed by atoms with van der Waals surface area (Å²) in [6.07, 6.45) is 3.89. The van der Waals surface area contributed by atoms with E-state index in [0.717, 1.165) is 36.2 Å². The number of amides is 2. The first-order chi connectivity index (χ1) is 10.1. The maximum atomic E-state index is 11.6. The van der Waals surface area contributed by atoms with Gasteiger partial charge in [0.05, 0.1) is 17.8 Å². The summed E-state index contributed by atoms with van der Waals surface area (Å²) in [4.78, 5) is 22.9. The zero-order valence-electron chi connectivity index (χ0n) is 11.9. The van der Waals surface area contributed by atoms with Crippen LogP contribution in [-0.2, 0) is 16.0 Å². The second kappa shape index (κ2) is 5.63. The van der Waals surface area contributed by atoms with E-state index in [1.807, 2.05) is 12.1 Å². The molecule has 6 nitrogen and oxygen atoms in total. The Morgan fingerprint density at radius 3 is 2.95 bits per heavy atom. The van der Waals surface area contributed by atoms with Gasteiger partial charge in [-0.05, 0) is 37.0 Å². The van der Waals surface area contributed by atoms with Gasteiger partial charge >= 0.3 is 0 Å². The first-order valence-corrected chi connectivity index (χ1v) is 7.37. The summed E-state index contributed by atoms with van der Waals surface area (Å²) >= 11 is 0. The lowest BCUT2D eigenvalue weighted by Gasteiger charge is -2.11. The molecule has 5 N–H and O–H groups in total. The Morgan fingerprint density at radius 2 is 2.19 bits per heavy atom. The second-order valence-corrected chi connectivity index (χ2v) is 5.69. The van der Waals surface area contributed by atoms with E-state index < -0.39 is 0 Å². The largest absolute Gasteiger partial charge is 0.397 e. The van der Waals surface area contributed by atoms with E-state index in [2.05, 4.69) is 16.0 Å². The molecular weight excluding hydrogens is 268 g/mol. The Balaban J connectivity index is 1.48. The molecule has 0 aromatic heterocycles. The fourth-order valence-corrected chi connectivity index (χ4v) is 2.45. The first-order valence-electron chi connectivity index (χ1n) is 7.37. The average Bonchev–Trinajstić information content (AvgIpc) is 3.15. The van der Waals surface area contributed by atoms with Crippen LogP contribution in [0.3, 0.4) is 0 Å². The van der Waals surface area contributed by atoms with Gasteiger partial charge in [0, 0.05) is 24.7 Å². The Kier molecular flexibility index (Phi) is 3.68. The maximum Gasteiger partial charge on any atom is 0.228 e. The molecule has 6 heteroatoms. The third-order valence-electron chi connectivity index (χ3n) is 3.74. The molecule has 1 heterocycles. The van der Waals surface area contributed by atoms with Crippen LogP contribution < -0.4 is 21.7 Å². The molecule has 0 unspecified atom stereocenters. The van der Waals surface area contributed by atoms with Gasteiger partial charge in [-0.3, -0.25) is 9.59 Å². The summed E-state index contributed by atoms with van der Waals surface area (Å²) in [5.41, 5.74) is 9.17. The smallest absolute Gasteiger partial charge is 0.228 e. The van der Waals surface area contributed by atoms with Gasteiger partial charge in [-0.2, -0.15) is 0 Å². The van der Waals surface area contributed by atoms with E-state index in [-0.39, 0.29) is 11.8 Å². The van der Waals surface area contributed by atoms with Gasteiger partial charge in [0.1, 0.15) is 0 Å². The predicted octanol–water partition coefficient (Wildman–Crippen LogP) is 1.23. The van der Waals surface area contributed by atoms with Crippen molar-refractivity contribution in [3.63, 3.8) is 0 Å². The fraction of sp³-hybridized carbons (Fsp3) is 0.467. The number of nitrogens with one attached hydrogen (secondary N) is 3. The third-order valence-corrected chi connectivity index (χ3v) is 3.74. The van der Waals surface area contributed by atoms with Gasteiger partial charge in [-0.1, -0.05) is 0 Å². The molecule has 21 heavy (non-hydrogen) atoms. The molecule has 0 atom stereocenters. The molecule has 1 aliphatic heterocycles. The van der Waals surface area contributed by atoms with Crippen LogP contribution >= 0.6 is 0 Å². The highest BCUT2D eigenvalue weighted by atomic mass is 16.2. The van der Waals surface area contributed by atoms with Crippen LogP contribution in [0.1, 0.15) is 31.2 Å². The summed E-state index contributed by atoms with van der Waals surface area (Å²) in [6.45, 7) is 0.676. The Morgan fingerprint density at radius 1 is 1.38 bits per heavy atom. The van der Waals surface area contributed by atoms with Crippen molar-refractivity contribution < 1.29 is 9.59 Å². The van der Waals surface area contributed by atoms with Gasteiger partial charge in [-0.15, -0.1) is 0 Å². The number of anilines is 3. The average molecular weight is 288 g/mol. The van der Waals surface area contributed by atoms with Crippen molar-refractivity contribution in [2.75, 3.05) is 22.9 Å². The van der Waals surface area contributed by atoms with Crippen LogP contribution in [0, 0.1) is 0 Å². The van der Waals surface area contributed by atoms with Crippen molar-refractivity contribution in [2.45, 2.75) is 38.1 Å². The van der Waals surface area contributed by atoms with Crippen LogP contribution in [0.25, 0.3) is 0 Å². The monoisotopic (exact) mass is 288 g/mol. The van der Waals surface area contributed by atoms with E-state index in [1.54, 1.807) is 0 Å². The van der Waals surface area contributed by atoms with Crippen molar-refractivity contribution in [3.8, 4) is 0 Å². The Hall–Kier alpha value is -2.24. The number of carbonyl (C=O) groups excluding carboxylic acids is 2. The van der Waals surface area contributed by atoms with Gasteiger partial charge in [0.2, 0.25) is 11.8 Å². The van der Waals surface area contributed by atoms with Crippen LogP contribution in [0.5, 0.6) is 0 Å². The fourth-order valence-electron chi connectivity index (χ4n) is 2.45. The van der Waals surface area contributed by atoms with Crippen LogP contribution in [0.4, 0.5) is 17.1 Å². The van der Waals surface area contributed by atoms with Crippen molar-refractivity contribution in [3.05, 3.63) is 17.7 Å². The molecule has 2 aliphatic rings. The van der Waals surface area contributed by atoms with Gasteiger partial charge in [0.15, 0.2) is 0 Å². The number of benzene rings is 1. The summed E-state index contributed by atoms with van der Waals surface area (Å²) in [5, 5.41) is 8.99. The van der Waals surface area contributed by atoms with E-state index in [0.29, 0.717) is 31.1 Å². The topological polar surface area (TPSA) is 96.2 Å². The summed E-state index contributed by atoms with van der Waals surface area (Å²) in [5.74, 6) is 0.117. The number of carbonyl (C=O) groups is 2. The number of rotatable bonds is 6. The quantitative estimate of drug-likeness (QED) is 0.467. The molecule has 0 bridgehead atoms. The number of nitrogens with two attached hydrogens (primary N) is 1. The first kappa shape index (κ1) is 13.7. The zero-order chi connectivity index (χ0) is 14.8. The van der Waals surface area contributed by atoms with Crippen molar-refractivity contribution in [2.24, 2.45) is 0 Å². The zero-order valence-corrected chi connectivity index (χ0v) is 11.9. The molecule has 1 fully saturated rings. The predicted molar refractivity (Wildman–Crippen MR) is 82.1 cm³/mol. The lowest BCUT2D eigenvalue weighted by Crippen LogP contribution is -2.25. The normalized spacial score (nSPS) is 16.3. The molecule has 0 radical (unpaired) electrons. The van der Waals surface area contributed by atoms with Crippen LogP contribution in [0.2, 0.25) is 0 Å². The molecule has 3 rings (SSSR count). The van der Waals surface area contributed by atoms with E-state index >= 15 is 0 Å². The lowest BCUT2D eigenvalue weighted by atomic mass is 10.1. The third kappa shape index (κ3) is 3.45. The lowest BCUT2D eigenvalue weighted by molar-refractivity contribution is -0.121. The highest BCUT2D eigenvalue weighted by Crippen LogP contribution is 2.31. The summed E-state index contributed by atoms with van der Waals surface area (Å²) in [7, 11) is 0. The molecule has 1 saturated carbocycles. The van der Waals surface area contributed by atoms with Crippen LogP contribution in [0.15, 0.2) is 12.1 Å². The second-order valence-electron chi connectivity index (χ2n) is 5.69. The number of hydrogen-bond donors (Lipinski definition) is 4. The van der Waals surface area contributed by atoms with Crippen molar-refractivity contribution in [1.82, 2.24) is 5.32 Å². The Labute approximate surface area is 123 Å². The van der Waals surface area contributed by atoms with Crippen molar-refractivity contribution in [1.29, 1.82) is 0 Å². The molecule has 112 valence electrons. The SMILES string of the molecule is Nc1cc2c(cc1NCCCC(=O)NC1CC1)NC(=O)C2. The standard InChI is InChI=1S/C15H20N4O2/c16-11-6-9-7-15(21)19-12(9)8-13(11)17-5-1-2-14(20)18-10-3-4-10/h6,8,10,17H,1-5,7,16H2,(H,18,20)(H,19,21). The summed E-state index contributed by atoms with van der Waals surface area (Å²) in [6, 6.07) is 4.11. The molecule has 1 aromatic rings. The molecular formula is C15H20N4O2. The van der Waals surface area contributed by atoms with Crippen LogP contribution in [-0.4, -0.2) is 24.4 Å². The number of fused-ring (bicyclic) bond motifs is 1. The minimum Gasteiger partial charge on any atom is -0.397 e. The van der Waals surface area contributed by atoms with E-state index in [1.165, 1.54) is 0 Å². The molecule has 1 aromatic carbocycles. The van der Waals surface area contributed by atoms with Crippen molar-refractivity contribution >= 4 is 28.9 Å². The van der Waals surface area contributed by atoms with Gasteiger partial charge in [-0.25, -0.2) is 0 Å². The maximum absolute atomic E-state index is 11.6. The van der Waals surface area contributed by atoms with Gasteiger partial charge < -0.3 is 21.7 Å². The highest BCUT2D eigenvalue weighted by Gasteiger charge is 2.22. The number of hydrogen-bond acceptors (Lipinski definition) is 4. The molecule has 1 aliphatic carbocycles. The summed E-state index contributed by atoms with van der Waals surface area (Å²) < 4.78 is 0. The molecule has 0 saturated heterocycles. The minimum atomic E-state index is -0.00158. The van der Waals surface area contributed by atoms with Gasteiger partial charge in [0.25, 0.3) is 0 Å². The number of nitrogen functional groups attached to an aromatic ring is 1. The molecule has 0 spiro atoms. The van der Waals surface area contributed by atoms with E-state index in [4.69, 9.17) is 5.73 Å². The van der Waals surface area contributed by atoms with E-state index in [9.17, 15) is 9.59 Å². The minimum absolute atomic E-state index is 0.00158.